The number of aliphatic hydroxyl groups is 1. The largest absolute Gasteiger partial charge is 0.516 e. The first-order chi connectivity index (χ1) is 10.5. The summed E-state index contributed by atoms with van der Waals surface area (Å²) < 4.78 is 0. The maximum Gasteiger partial charge on any atom is 0.159 e. The molecule has 2 heteroatoms. The molecule has 4 rings (SSSR count). The van der Waals surface area contributed by atoms with E-state index in [2.05, 4.69) is 13.8 Å². The van der Waals surface area contributed by atoms with Gasteiger partial charge in [0.1, 0.15) is 0 Å². The first-order valence-electron chi connectivity index (χ1n) is 9.06. The summed E-state index contributed by atoms with van der Waals surface area (Å²) in [4.78, 5) is 12.0. The molecule has 0 aromatic heterocycles. The second kappa shape index (κ2) is 4.72. The third kappa shape index (κ3) is 1.76. The highest BCUT2D eigenvalue weighted by Crippen LogP contribution is 2.66. The Balaban J connectivity index is 1.76. The van der Waals surface area contributed by atoms with Crippen LogP contribution in [0.25, 0.3) is 0 Å². The van der Waals surface area contributed by atoms with Crippen LogP contribution in [0.5, 0.6) is 0 Å². The summed E-state index contributed by atoms with van der Waals surface area (Å²) in [5, 5.41) is 9.80. The molecule has 0 heterocycles. The van der Waals surface area contributed by atoms with Crippen LogP contribution in [0.15, 0.2) is 23.5 Å². The van der Waals surface area contributed by atoms with Crippen molar-refractivity contribution >= 4 is 5.78 Å². The fourth-order valence-electron chi connectivity index (χ4n) is 6.68. The van der Waals surface area contributed by atoms with Crippen LogP contribution < -0.4 is 0 Å². The molecule has 0 unspecified atom stereocenters. The third-order valence-electron chi connectivity index (χ3n) is 7.90. The zero-order valence-corrected chi connectivity index (χ0v) is 13.9. The molecule has 4 aliphatic carbocycles. The van der Waals surface area contributed by atoms with Crippen LogP contribution in [0.4, 0.5) is 0 Å². The van der Waals surface area contributed by atoms with E-state index in [4.69, 9.17) is 0 Å². The van der Waals surface area contributed by atoms with E-state index in [-0.39, 0.29) is 11.2 Å². The SMILES string of the molecule is C[C@@]12CCC[C@H]1[C@@H]1CCC3=CC(=O)C/C(=C\O)[C@]3(C)[C@H]1CC2. The molecular weight excluding hydrogens is 272 g/mol. The van der Waals surface area contributed by atoms with E-state index in [9.17, 15) is 9.90 Å². The van der Waals surface area contributed by atoms with E-state index in [1.54, 1.807) is 0 Å². The lowest BCUT2D eigenvalue weighted by molar-refractivity contribution is -0.115. The molecule has 0 aromatic carbocycles. The van der Waals surface area contributed by atoms with E-state index < -0.39 is 0 Å². The second-order valence-corrected chi connectivity index (χ2v) is 8.67. The van der Waals surface area contributed by atoms with E-state index >= 15 is 0 Å². The van der Waals surface area contributed by atoms with Crippen molar-refractivity contribution in [3.63, 3.8) is 0 Å². The van der Waals surface area contributed by atoms with Crippen LogP contribution in [0, 0.1) is 28.6 Å². The number of aliphatic hydroxyl groups excluding tert-OH is 1. The highest BCUT2D eigenvalue weighted by molar-refractivity contribution is 5.94. The Morgan fingerprint density at radius 3 is 2.77 bits per heavy atom. The van der Waals surface area contributed by atoms with Gasteiger partial charge in [0.25, 0.3) is 0 Å². The minimum atomic E-state index is -0.0600. The molecule has 4 aliphatic rings. The van der Waals surface area contributed by atoms with Crippen molar-refractivity contribution < 1.29 is 9.90 Å². The fraction of sp³-hybridized carbons (Fsp3) is 0.750. The van der Waals surface area contributed by atoms with Gasteiger partial charge in [-0.25, -0.2) is 0 Å². The second-order valence-electron chi connectivity index (χ2n) is 8.67. The number of hydrogen-bond donors (Lipinski definition) is 1. The van der Waals surface area contributed by atoms with Gasteiger partial charge in [0, 0.05) is 11.8 Å². The quantitative estimate of drug-likeness (QED) is 0.642. The highest BCUT2D eigenvalue weighted by atomic mass is 16.2. The summed E-state index contributed by atoms with van der Waals surface area (Å²) in [5.74, 6) is 2.44. The Labute approximate surface area is 133 Å². The first-order valence-corrected chi connectivity index (χ1v) is 9.06. The lowest BCUT2D eigenvalue weighted by Gasteiger charge is -2.57. The van der Waals surface area contributed by atoms with Crippen molar-refractivity contribution in [1.82, 2.24) is 0 Å². The number of hydrogen-bond acceptors (Lipinski definition) is 2. The minimum Gasteiger partial charge on any atom is -0.516 e. The van der Waals surface area contributed by atoms with Gasteiger partial charge >= 0.3 is 0 Å². The Bertz CT molecular complexity index is 572. The third-order valence-corrected chi connectivity index (χ3v) is 7.90. The molecule has 2 nitrogen and oxygen atoms in total. The topological polar surface area (TPSA) is 37.3 Å². The maximum atomic E-state index is 12.0. The van der Waals surface area contributed by atoms with Crippen LogP contribution in [-0.4, -0.2) is 10.9 Å². The van der Waals surface area contributed by atoms with Gasteiger partial charge in [-0.05, 0) is 73.3 Å². The molecule has 3 saturated carbocycles. The average Bonchev–Trinajstić information content (AvgIpc) is 2.89. The van der Waals surface area contributed by atoms with Crippen LogP contribution in [-0.2, 0) is 4.79 Å². The van der Waals surface area contributed by atoms with Gasteiger partial charge in [-0.3, -0.25) is 4.79 Å². The molecular formula is C20H28O2. The molecule has 3 fully saturated rings. The number of allylic oxidation sites excluding steroid dienone is 2. The monoisotopic (exact) mass is 300 g/mol. The predicted molar refractivity (Wildman–Crippen MR) is 87.4 cm³/mol. The average molecular weight is 300 g/mol. The van der Waals surface area contributed by atoms with E-state index in [1.165, 1.54) is 50.4 Å². The molecule has 0 radical (unpaired) electrons. The molecule has 120 valence electrons. The summed E-state index contributed by atoms with van der Waals surface area (Å²) in [6.45, 7) is 4.82. The Kier molecular flexibility index (Phi) is 3.12. The molecule has 0 spiro atoms. The molecule has 0 bridgehead atoms. The van der Waals surface area contributed by atoms with Gasteiger partial charge in [-0.1, -0.05) is 25.8 Å². The van der Waals surface area contributed by atoms with E-state index in [0.717, 1.165) is 23.8 Å². The van der Waals surface area contributed by atoms with Crippen LogP contribution >= 0.6 is 0 Å². The molecule has 22 heavy (non-hydrogen) atoms. The zero-order valence-electron chi connectivity index (χ0n) is 13.9. The molecule has 0 aliphatic heterocycles. The van der Waals surface area contributed by atoms with Gasteiger partial charge in [-0.2, -0.15) is 0 Å². The standard InChI is InChI=1S/C20H28O2/c1-19-8-3-4-17(19)16-6-5-13-10-15(22)11-14(12-21)20(13,2)18(16)7-9-19/h10,12,16-18,21H,3-9,11H2,1-2H3/b14-12+/t16-,17-,18-,19-,20+/m0/s1. The lowest BCUT2D eigenvalue weighted by atomic mass is 9.46. The summed E-state index contributed by atoms with van der Waals surface area (Å²) in [6.07, 6.45) is 12.7. The van der Waals surface area contributed by atoms with Crippen LogP contribution in [0.2, 0.25) is 0 Å². The lowest BCUT2D eigenvalue weighted by Crippen LogP contribution is -2.50. The number of carbonyl (C=O) groups is 1. The van der Waals surface area contributed by atoms with Crippen molar-refractivity contribution in [1.29, 1.82) is 0 Å². The van der Waals surface area contributed by atoms with Gasteiger partial charge in [0.2, 0.25) is 0 Å². The van der Waals surface area contributed by atoms with Crippen molar-refractivity contribution in [2.45, 2.75) is 65.2 Å². The van der Waals surface area contributed by atoms with Gasteiger partial charge in [0.15, 0.2) is 5.78 Å². The number of ketones is 1. The summed E-state index contributed by atoms with van der Waals surface area (Å²) in [7, 11) is 0. The molecule has 1 N–H and O–H groups in total. The van der Waals surface area contributed by atoms with Crippen LogP contribution in [0.3, 0.4) is 0 Å². The van der Waals surface area contributed by atoms with Gasteiger partial charge in [-0.15, -0.1) is 0 Å². The summed E-state index contributed by atoms with van der Waals surface area (Å²) in [5.41, 5.74) is 2.78. The number of rotatable bonds is 0. The van der Waals surface area contributed by atoms with E-state index in [0.29, 0.717) is 17.8 Å². The fourth-order valence-corrected chi connectivity index (χ4v) is 6.68. The Hall–Kier alpha value is -1.05. The summed E-state index contributed by atoms with van der Waals surface area (Å²) >= 11 is 0. The minimum absolute atomic E-state index is 0.0600. The van der Waals surface area contributed by atoms with Crippen LogP contribution in [0.1, 0.15) is 65.2 Å². The van der Waals surface area contributed by atoms with Crippen molar-refractivity contribution in [2.75, 3.05) is 0 Å². The first kappa shape index (κ1) is 14.5. The van der Waals surface area contributed by atoms with Gasteiger partial charge < -0.3 is 5.11 Å². The number of carbonyl (C=O) groups excluding carboxylic acids is 1. The molecule has 5 atom stereocenters. The number of fused-ring (bicyclic) bond motifs is 5. The Morgan fingerprint density at radius 2 is 2.00 bits per heavy atom. The van der Waals surface area contributed by atoms with E-state index in [1.807, 2.05) is 6.08 Å². The van der Waals surface area contributed by atoms with Gasteiger partial charge in [0.05, 0.1) is 6.26 Å². The molecule has 0 amide bonds. The van der Waals surface area contributed by atoms with Crippen molar-refractivity contribution in [2.24, 2.45) is 28.6 Å². The predicted octanol–water partition coefficient (Wildman–Crippen LogP) is 4.96. The summed E-state index contributed by atoms with van der Waals surface area (Å²) in [6, 6.07) is 0. The van der Waals surface area contributed by atoms with Crippen molar-refractivity contribution in [3.8, 4) is 0 Å². The maximum absolute atomic E-state index is 12.0. The Morgan fingerprint density at radius 1 is 1.18 bits per heavy atom. The molecule has 0 aromatic rings. The van der Waals surface area contributed by atoms with Crippen molar-refractivity contribution in [3.05, 3.63) is 23.5 Å². The normalized spacial score (nSPS) is 49.4. The smallest absolute Gasteiger partial charge is 0.159 e. The molecule has 0 saturated heterocycles. The zero-order chi connectivity index (χ0) is 15.5. The highest BCUT2D eigenvalue weighted by Gasteiger charge is 2.57.